The van der Waals surface area contributed by atoms with Gasteiger partial charge in [-0.1, -0.05) is 11.8 Å². The van der Waals surface area contributed by atoms with Gasteiger partial charge in [-0.3, -0.25) is 5.41 Å². The van der Waals surface area contributed by atoms with Gasteiger partial charge in [-0.25, -0.2) is 8.78 Å². The third-order valence-corrected chi connectivity index (χ3v) is 3.69. The Morgan fingerprint density at radius 1 is 1.15 bits per heavy atom. The predicted molar refractivity (Wildman–Crippen MR) is 74.5 cm³/mol. The van der Waals surface area contributed by atoms with E-state index in [2.05, 4.69) is 0 Å². The van der Waals surface area contributed by atoms with Gasteiger partial charge in [0.1, 0.15) is 23.2 Å². The van der Waals surface area contributed by atoms with Crippen LogP contribution in [0.15, 0.2) is 46.2 Å². The molecule has 0 bridgehead atoms. The van der Waals surface area contributed by atoms with E-state index >= 15 is 0 Å². The summed E-state index contributed by atoms with van der Waals surface area (Å²) in [7, 11) is 1.54. The Balaban J connectivity index is 2.30. The molecule has 0 radical (unpaired) electrons. The highest BCUT2D eigenvalue weighted by atomic mass is 32.2. The van der Waals surface area contributed by atoms with Crippen LogP contribution in [0.25, 0.3) is 0 Å². The van der Waals surface area contributed by atoms with Gasteiger partial charge in [0.25, 0.3) is 0 Å². The third-order valence-electron chi connectivity index (χ3n) is 2.59. The van der Waals surface area contributed by atoms with Crippen molar-refractivity contribution in [3.8, 4) is 5.75 Å². The molecule has 0 spiro atoms. The molecule has 0 unspecified atom stereocenters. The van der Waals surface area contributed by atoms with E-state index in [1.54, 1.807) is 31.4 Å². The fourth-order valence-electron chi connectivity index (χ4n) is 1.57. The number of nitrogens with two attached hydrogens (primary N) is 1. The van der Waals surface area contributed by atoms with Gasteiger partial charge in [0.15, 0.2) is 0 Å². The van der Waals surface area contributed by atoms with Crippen LogP contribution in [-0.2, 0) is 0 Å². The lowest BCUT2D eigenvalue weighted by Crippen LogP contribution is -2.12. The minimum absolute atomic E-state index is 0.0269. The number of hydrogen-bond acceptors (Lipinski definition) is 3. The predicted octanol–water partition coefficient (Wildman–Crippen LogP) is 3.41. The highest BCUT2D eigenvalue weighted by Crippen LogP contribution is 2.33. The Hall–Kier alpha value is -2.08. The van der Waals surface area contributed by atoms with Crippen LogP contribution in [0, 0.1) is 17.0 Å². The summed E-state index contributed by atoms with van der Waals surface area (Å²) < 4.78 is 32.7. The van der Waals surface area contributed by atoms with Gasteiger partial charge in [-0.05, 0) is 36.4 Å². The van der Waals surface area contributed by atoms with Gasteiger partial charge in [0.2, 0.25) is 0 Å². The molecule has 0 aromatic heterocycles. The number of halogens is 2. The maximum Gasteiger partial charge on any atom is 0.140 e. The minimum Gasteiger partial charge on any atom is -0.497 e. The summed E-state index contributed by atoms with van der Waals surface area (Å²) in [6.07, 6.45) is 0. The molecule has 0 saturated heterocycles. The van der Waals surface area contributed by atoms with Crippen molar-refractivity contribution < 1.29 is 13.5 Å². The molecule has 3 nitrogen and oxygen atoms in total. The monoisotopic (exact) mass is 294 g/mol. The Morgan fingerprint density at radius 3 is 2.15 bits per heavy atom. The molecule has 2 aromatic rings. The smallest absolute Gasteiger partial charge is 0.140 e. The molecule has 2 rings (SSSR count). The minimum atomic E-state index is -0.740. The quantitative estimate of drug-likeness (QED) is 0.671. The van der Waals surface area contributed by atoms with Crippen molar-refractivity contribution in [3.05, 3.63) is 53.6 Å². The highest BCUT2D eigenvalue weighted by molar-refractivity contribution is 7.99. The molecule has 6 heteroatoms. The number of benzene rings is 2. The Morgan fingerprint density at radius 2 is 1.70 bits per heavy atom. The lowest BCUT2D eigenvalue weighted by atomic mass is 10.2. The van der Waals surface area contributed by atoms with Crippen LogP contribution in [0.3, 0.4) is 0 Å². The maximum atomic E-state index is 13.9. The zero-order valence-corrected chi connectivity index (χ0v) is 11.4. The van der Waals surface area contributed by atoms with Crippen molar-refractivity contribution in [2.75, 3.05) is 7.11 Å². The molecule has 104 valence electrons. The summed E-state index contributed by atoms with van der Waals surface area (Å²) in [4.78, 5) is 0.555. The molecular formula is C14H12F2N2OS. The molecule has 0 aliphatic rings. The van der Waals surface area contributed by atoms with Crippen LogP contribution >= 0.6 is 11.8 Å². The molecule has 0 aliphatic heterocycles. The van der Waals surface area contributed by atoms with E-state index in [1.165, 1.54) is 0 Å². The van der Waals surface area contributed by atoms with Crippen molar-refractivity contribution in [1.29, 1.82) is 5.41 Å². The molecule has 2 aromatic carbocycles. The first-order valence-electron chi connectivity index (χ1n) is 5.66. The number of methoxy groups -OCH3 is 1. The first-order chi connectivity index (χ1) is 9.51. The second-order valence-electron chi connectivity index (χ2n) is 3.96. The van der Waals surface area contributed by atoms with E-state index in [0.29, 0.717) is 10.6 Å². The largest absolute Gasteiger partial charge is 0.497 e. The van der Waals surface area contributed by atoms with Gasteiger partial charge in [-0.15, -0.1) is 0 Å². The second kappa shape index (κ2) is 5.92. The van der Waals surface area contributed by atoms with Crippen molar-refractivity contribution in [2.45, 2.75) is 9.79 Å². The first kappa shape index (κ1) is 14.3. The zero-order valence-electron chi connectivity index (χ0n) is 10.6. The first-order valence-corrected chi connectivity index (χ1v) is 6.48. The van der Waals surface area contributed by atoms with Crippen LogP contribution < -0.4 is 10.5 Å². The summed E-state index contributed by atoms with van der Waals surface area (Å²) >= 11 is 0.964. The molecule has 0 atom stereocenters. The van der Waals surface area contributed by atoms with Gasteiger partial charge < -0.3 is 10.5 Å². The van der Waals surface area contributed by atoms with Crippen molar-refractivity contribution in [2.24, 2.45) is 5.73 Å². The number of nitrogen functional groups attached to an aromatic ring is 1. The average Bonchev–Trinajstić information content (AvgIpc) is 2.43. The Labute approximate surface area is 119 Å². The lowest BCUT2D eigenvalue weighted by molar-refractivity contribution is 0.414. The molecular weight excluding hydrogens is 282 g/mol. The molecule has 0 fully saturated rings. The fraction of sp³-hybridized carbons (Fsp3) is 0.0714. The van der Waals surface area contributed by atoms with Gasteiger partial charge in [-0.2, -0.15) is 0 Å². The van der Waals surface area contributed by atoms with Crippen molar-refractivity contribution in [1.82, 2.24) is 0 Å². The van der Waals surface area contributed by atoms with Crippen LogP contribution in [0.5, 0.6) is 5.75 Å². The van der Waals surface area contributed by atoms with E-state index in [9.17, 15) is 8.78 Å². The lowest BCUT2D eigenvalue weighted by Gasteiger charge is -2.08. The summed E-state index contributed by atoms with van der Waals surface area (Å²) in [5.41, 5.74) is 5.24. The standard InChI is InChI=1S/C14H12F2N2OS/c1-19-9-2-4-10(5-3-9)20-13-11(15)6-8(14(17)18)7-12(13)16/h2-7H,1H3,(H3,17,18). The van der Waals surface area contributed by atoms with Crippen LogP contribution in [-0.4, -0.2) is 12.9 Å². The summed E-state index contributed by atoms with van der Waals surface area (Å²) in [5, 5.41) is 7.19. The summed E-state index contributed by atoms with van der Waals surface area (Å²) in [5.74, 6) is -1.18. The number of hydrogen-bond donors (Lipinski definition) is 2. The molecule has 0 aliphatic carbocycles. The normalized spacial score (nSPS) is 10.3. The highest BCUT2D eigenvalue weighted by Gasteiger charge is 2.14. The van der Waals surface area contributed by atoms with E-state index in [1.807, 2.05) is 0 Å². The molecule has 20 heavy (non-hydrogen) atoms. The van der Waals surface area contributed by atoms with E-state index in [4.69, 9.17) is 15.9 Å². The Bertz CT molecular complexity index is 621. The van der Waals surface area contributed by atoms with Gasteiger partial charge >= 0.3 is 0 Å². The molecule has 0 saturated carbocycles. The topological polar surface area (TPSA) is 59.1 Å². The number of ether oxygens (including phenoxy) is 1. The molecule has 3 N–H and O–H groups in total. The maximum absolute atomic E-state index is 13.9. The van der Waals surface area contributed by atoms with Gasteiger partial charge in [0.05, 0.1) is 12.0 Å². The third kappa shape index (κ3) is 3.08. The summed E-state index contributed by atoms with van der Waals surface area (Å²) in [6.45, 7) is 0. The van der Waals surface area contributed by atoms with Crippen LogP contribution in [0.4, 0.5) is 8.78 Å². The number of nitrogens with one attached hydrogen (secondary N) is 1. The van der Waals surface area contributed by atoms with E-state index in [0.717, 1.165) is 23.9 Å². The SMILES string of the molecule is COc1ccc(Sc2c(F)cc(C(=N)N)cc2F)cc1. The van der Waals surface area contributed by atoms with Crippen molar-refractivity contribution in [3.63, 3.8) is 0 Å². The van der Waals surface area contributed by atoms with Crippen molar-refractivity contribution >= 4 is 17.6 Å². The van der Waals surface area contributed by atoms with Crippen LogP contribution in [0.1, 0.15) is 5.56 Å². The van der Waals surface area contributed by atoms with E-state index in [-0.39, 0.29) is 16.3 Å². The average molecular weight is 294 g/mol. The number of amidine groups is 1. The molecule has 0 amide bonds. The fourth-order valence-corrected chi connectivity index (χ4v) is 2.40. The second-order valence-corrected chi connectivity index (χ2v) is 5.04. The molecule has 0 heterocycles. The Kier molecular flexibility index (Phi) is 4.24. The summed E-state index contributed by atoms with van der Waals surface area (Å²) in [6, 6.07) is 8.95. The van der Waals surface area contributed by atoms with Crippen LogP contribution in [0.2, 0.25) is 0 Å². The number of rotatable bonds is 4. The zero-order chi connectivity index (χ0) is 14.7. The van der Waals surface area contributed by atoms with Gasteiger partial charge in [0, 0.05) is 10.5 Å². The van der Waals surface area contributed by atoms with E-state index < -0.39 is 11.6 Å².